The molecule has 3 aromatic carbocycles. The van der Waals surface area contributed by atoms with Gasteiger partial charge in [0.25, 0.3) is 5.91 Å². The monoisotopic (exact) mass is 499 g/mol. The van der Waals surface area contributed by atoms with Crippen molar-refractivity contribution in [1.82, 2.24) is 14.7 Å². The zero-order valence-corrected chi connectivity index (χ0v) is 21.5. The highest BCUT2D eigenvalue weighted by Crippen LogP contribution is 2.18. The number of carbonyl (C=O) groups excluding carboxylic acids is 1. The predicted octanol–water partition coefficient (Wildman–Crippen LogP) is 5.83. The number of carbonyl (C=O) groups is 1. The van der Waals surface area contributed by atoms with Gasteiger partial charge in [-0.05, 0) is 55.1 Å². The number of nitrogens with zero attached hydrogens (tertiary/aromatic N) is 3. The Morgan fingerprint density at radius 1 is 0.676 bits per heavy atom. The third kappa shape index (κ3) is 8.13. The lowest BCUT2D eigenvalue weighted by Gasteiger charge is -2.24. The second-order valence-corrected chi connectivity index (χ2v) is 9.54. The Morgan fingerprint density at radius 3 is 1.84 bits per heavy atom. The minimum Gasteiger partial charge on any atom is -0.455 e. The molecule has 192 valence electrons. The van der Waals surface area contributed by atoms with E-state index in [9.17, 15) is 9.18 Å². The van der Waals surface area contributed by atoms with Crippen molar-refractivity contribution in [3.8, 4) is 0 Å². The molecule has 4 aromatic rings. The van der Waals surface area contributed by atoms with E-state index in [4.69, 9.17) is 4.42 Å². The molecule has 0 radical (unpaired) electrons. The molecule has 0 saturated heterocycles. The van der Waals surface area contributed by atoms with Crippen LogP contribution in [0.25, 0.3) is 0 Å². The van der Waals surface area contributed by atoms with Gasteiger partial charge in [0.15, 0.2) is 5.76 Å². The molecule has 0 unspecified atom stereocenters. The van der Waals surface area contributed by atoms with Crippen LogP contribution in [-0.2, 0) is 26.2 Å². The minimum absolute atomic E-state index is 0.120. The second-order valence-electron chi connectivity index (χ2n) is 9.54. The van der Waals surface area contributed by atoms with E-state index in [0.717, 1.165) is 17.7 Å². The summed E-state index contributed by atoms with van der Waals surface area (Å²) in [6.45, 7) is 3.73. The van der Waals surface area contributed by atoms with Gasteiger partial charge in [0.1, 0.15) is 11.6 Å². The van der Waals surface area contributed by atoms with Gasteiger partial charge in [-0.2, -0.15) is 0 Å². The van der Waals surface area contributed by atoms with Crippen molar-refractivity contribution >= 4 is 5.91 Å². The molecule has 0 fully saturated rings. The molecule has 1 amide bonds. The first-order chi connectivity index (χ1) is 18.0. The van der Waals surface area contributed by atoms with Crippen LogP contribution in [0.15, 0.2) is 101 Å². The summed E-state index contributed by atoms with van der Waals surface area (Å²) in [4.78, 5) is 19.6. The van der Waals surface area contributed by atoms with Crippen LogP contribution in [0, 0.1) is 5.82 Å². The second kappa shape index (κ2) is 13.0. The lowest BCUT2D eigenvalue weighted by molar-refractivity contribution is 0.0695. The number of amides is 1. The molecule has 0 aliphatic carbocycles. The highest BCUT2D eigenvalue weighted by atomic mass is 19.1. The summed E-state index contributed by atoms with van der Waals surface area (Å²) in [6.07, 6.45) is 0. The molecule has 1 heterocycles. The SMILES string of the molecule is CN(C)CCN(Cc1ccccc1)C(=O)c1ccc(CN(Cc2ccccc2)Cc2ccc(F)cc2)o1. The lowest BCUT2D eigenvalue weighted by atomic mass is 10.1. The Kier molecular flexibility index (Phi) is 9.24. The Morgan fingerprint density at radius 2 is 1.24 bits per heavy atom. The maximum absolute atomic E-state index is 13.4. The minimum atomic E-state index is -0.248. The number of furan rings is 1. The Balaban J connectivity index is 1.49. The smallest absolute Gasteiger partial charge is 0.289 e. The Hall–Kier alpha value is -3.74. The van der Waals surface area contributed by atoms with Gasteiger partial charge in [0, 0.05) is 32.7 Å². The Bertz CT molecular complexity index is 1240. The Labute approximate surface area is 218 Å². The van der Waals surface area contributed by atoms with Crippen molar-refractivity contribution < 1.29 is 13.6 Å². The van der Waals surface area contributed by atoms with Gasteiger partial charge in [-0.3, -0.25) is 9.69 Å². The van der Waals surface area contributed by atoms with Gasteiger partial charge in [0.2, 0.25) is 0 Å². The number of rotatable bonds is 12. The average molecular weight is 500 g/mol. The third-order valence-electron chi connectivity index (χ3n) is 6.14. The maximum Gasteiger partial charge on any atom is 0.289 e. The van der Waals surface area contributed by atoms with Crippen LogP contribution in [0.1, 0.15) is 33.0 Å². The first kappa shape index (κ1) is 26.3. The van der Waals surface area contributed by atoms with E-state index in [-0.39, 0.29) is 11.7 Å². The number of hydrogen-bond acceptors (Lipinski definition) is 4. The molecule has 37 heavy (non-hydrogen) atoms. The molecule has 0 saturated carbocycles. The van der Waals surface area contributed by atoms with E-state index in [0.29, 0.717) is 44.2 Å². The molecule has 0 spiro atoms. The first-order valence-electron chi connectivity index (χ1n) is 12.5. The van der Waals surface area contributed by atoms with Crippen LogP contribution < -0.4 is 0 Å². The molecular formula is C31H34FN3O2. The number of likely N-dealkylation sites (N-methyl/N-ethyl adjacent to an activating group) is 1. The fraction of sp³-hybridized carbons (Fsp3) is 0.258. The van der Waals surface area contributed by atoms with Gasteiger partial charge in [0.05, 0.1) is 6.54 Å². The number of hydrogen-bond donors (Lipinski definition) is 0. The molecule has 1 aromatic heterocycles. The quantitative estimate of drug-likeness (QED) is 0.246. The van der Waals surface area contributed by atoms with Gasteiger partial charge < -0.3 is 14.2 Å². The van der Waals surface area contributed by atoms with Crippen molar-refractivity contribution in [3.63, 3.8) is 0 Å². The van der Waals surface area contributed by atoms with Crippen molar-refractivity contribution in [1.29, 1.82) is 0 Å². The van der Waals surface area contributed by atoms with Crippen LogP contribution in [0.4, 0.5) is 4.39 Å². The molecule has 0 atom stereocenters. The van der Waals surface area contributed by atoms with Crippen molar-refractivity contribution in [2.75, 3.05) is 27.2 Å². The fourth-order valence-electron chi connectivity index (χ4n) is 4.19. The molecule has 4 rings (SSSR count). The molecule has 0 bridgehead atoms. The van der Waals surface area contributed by atoms with Crippen LogP contribution >= 0.6 is 0 Å². The van der Waals surface area contributed by atoms with Gasteiger partial charge in [-0.25, -0.2) is 4.39 Å². The summed E-state index contributed by atoms with van der Waals surface area (Å²) in [6, 6.07) is 30.4. The van der Waals surface area contributed by atoms with Crippen LogP contribution in [0.2, 0.25) is 0 Å². The van der Waals surface area contributed by atoms with Gasteiger partial charge in [-0.1, -0.05) is 72.8 Å². The largest absolute Gasteiger partial charge is 0.455 e. The number of halogens is 1. The summed E-state index contributed by atoms with van der Waals surface area (Å²) >= 11 is 0. The highest BCUT2D eigenvalue weighted by molar-refractivity contribution is 5.91. The predicted molar refractivity (Wildman–Crippen MR) is 144 cm³/mol. The third-order valence-corrected chi connectivity index (χ3v) is 6.14. The van der Waals surface area contributed by atoms with Crippen LogP contribution in [0.3, 0.4) is 0 Å². The first-order valence-corrected chi connectivity index (χ1v) is 12.5. The summed E-state index contributed by atoms with van der Waals surface area (Å²) in [7, 11) is 4.00. The normalized spacial score (nSPS) is 11.3. The van der Waals surface area contributed by atoms with Crippen LogP contribution in [-0.4, -0.2) is 47.8 Å². The zero-order valence-electron chi connectivity index (χ0n) is 21.5. The van der Waals surface area contributed by atoms with Crippen molar-refractivity contribution in [2.24, 2.45) is 0 Å². The summed E-state index contributed by atoms with van der Waals surface area (Å²) in [5.41, 5.74) is 3.26. The standard InChI is InChI=1S/C31H34FN3O2/c1-33(2)19-20-35(23-26-11-7-4-8-12-26)31(36)30-18-17-29(37-30)24-34(21-25-9-5-3-6-10-25)22-27-13-15-28(32)16-14-27/h3-18H,19-24H2,1-2H3. The highest BCUT2D eigenvalue weighted by Gasteiger charge is 2.21. The maximum atomic E-state index is 13.4. The van der Waals surface area contributed by atoms with Gasteiger partial charge in [-0.15, -0.1) is 0 Å². The molecule has 0 aliphatic rings. The molecular weight excluding hydrogens is 465 g/mol. The summed E-state index contributed by atoms with van der Waals surface area (Å²) in [5.74, 6) is 0.687. The topological polar surface area (TPSA) is 39.9 Å². The fourth-order valence-corrected chi connectivity index (χ4v) is 4.19. The van der Waals surface area contributed by atoms with E-state index in [1.807, 2.05) is 73.6 Å². The van der Waals surface area contributed by atoms with E-state index in [2.05, 4.69) is 21.9 Å². The van der Waals surface area contributed by atoms with Crippen molar-refractivity contribution in [2.45, 2.75) is 26.2 Å². The molecule has 6 heteroatoms. The molecule has 0 N–H and O–H groups in total. The lowest BCUT2D eigenvalue weighted by Crippen LogP contribution is -2.36. The van der Waals surface area contributed by atoms with Crippen molar-refractivity contribution in [3.05, 3.63) is 131 Å². The molecule has 0 aliphatic heterocycles. The van der Waals surface area contributed by atoms with E-state index >= 15 is 0 Å². The average Bonchev–Trinajstić information content (AvgIpc) is 3.37. The van der Waals surface area contributed by atoms with Crippen LogP contribution in [0.5, 0.6) is 0 Å². The van der Waals surface area contributed by atoms with Gasteiger partial charge >= 0.3 is 0 Å². The van der Waals surface area contributed by atoms with E-state index < -0.39 is 0 Å². The molecule has 5 nitrogen and oxygen atoms in total. The zero-order chi connectivity index (χ0) is 26.0. The van der Waals surface area contributed by atoms with E-state index in [1.54, 1.807) is 18.2 Å². The van der Waals surface area contributed by atoms with E-state index in [1.165, 1.54) is 17.7 Å². The number of benzene rings is 3. The summed E-state index contributed by atoms with van der Waals surface area (Å²) in [5, 5.41) is 0. The summed E-state index contributed by atoms with van der Waals surface area (Å²) < 4.78 is 19.5.